The van der Waals surface area contributed by atoms with Crippen molar-refractivity contribution >= 4 is 41.5 Å². The standard InChI is InChI=1S/C29H50N4O10/c1-8-11-20(27(38)41-5)30-23(34)16-14-18(4)25(36)32-19(26(37)33-22(13-10-3)29(40)43-7)15-17-24(35)31-21(12-9-2)28(39)42-6/h18-22H,8-17H2,1-7H3,(H,30,34)(H,31,35)(H,32,36)(H,33,37)/t18-,19-,20-,21-,22+/m0/s1. The molecule has 0 aliphatic rings. The summed E-state index contributed by atoms with van der Waals surface area (Å²) >= 11 is 0. The Morgan fingerprint density at radius 3 is 1.21 bits per heavy atom. The average molecular weight is 615 g/mol. The summed E-state index contributed by atoms with van der Waals surface area (Å²) in [4.78, 5) is 87.3. The van der Waals surface area contributed by atoms with Crippen molar-refractivity contribution in [3.05, 3.63) is 0 Å². The molecule has 0 rings (SSSR count). The van der Waals surface area contributed by atoms with E-state index in [4.69, 9.17) is 14.2 Å². The van der Waals surface area contributed by atoms with Gasteiger partial charge in [-0.25, -0.2) is 14.4 Å². The number of hydrogen-bond donors (Lipinski definition) is 4. The molecule has 0 bridgehead atoms. The van der Waals surface area contributed by atoms with Crippen LogP contribution in [0.4, 0.5) is 0 Å². The van der Waals surface area contributed by atoms with Gasteiger partial charge in [0.15, 0.2) is 0 Å². The lowest BCUT2D eigenvalue weighted by Crippen LogP contribution is -2.53. The molecule has 0 aromatic rings. The lowest BCUT2D eigenvalue weighted by atomic mass is 10.0. The van der Waals surface area contributed by atoms with E-state index in [1.165, 1.54) is 21.3 Å². The van der Waals surface area contributed by atoms with E-state index in [2.05, 4.69) is 21.3 Å². The van der Waals surface area contributed by atoms with Gasteiger partial charge in [0.25, 0.3) is 0 Å². The predicted octanol–water partition coefficient (Wildman–Crippen LogP) is 1.04. The van der Waals surface area contributed by atoms with Crippen LogP contribution in [0.5, 0.6) is 0 Å². The Morgan fingerprint density at radius 2 is 0.837 bits per heavy atom. The molecule has 0 aromatic heterocycles. The molecule has 0 aromatic carbocycles. The van der Waals surface area contributed by atoms with Gasteiger partial charge in [-0.15, -0.1) is 0 Å². The first-order valence-corrected chi connectivity index (χ1v) is 14.8. The first kappa shape index (κ1) is 39.3. The second-order valence-corrected chi connectivity index (χ2v) is 10.3. The molecule has 14 heteroatoms. The zero-order chi connectivity index (χ0) is 32.9. The first-order valence-electron chi connectivity index (χ1n) is 14.8. The number of hydrogen-bond acceptors (Lipinski definition) is 10. The second kappa shape index (κ2) is 21.9. The van der Waals surface area contributed by atoms with E-state index < -0.39 is 71.6 Å². The summed E-state index contributed by atoms with van der Waals surface area (Å²) in [5.41, 5.74) is 0. The monoisotopic (exact) mass is 614 g/mol. The van der Waals surface area contributed by atoms with Crippen molar-refractivity contribution in [1.29, 1.82) is 0 Å². The number of amides is 4. The van der Waals surface area contributed by atoms with Crippen LogP contribution in [0.15, 0.2) is 0 Å². The maximum absolute atomic E-state index is 13.2. The van der Waals surface area contributed by atoms with Crippen LogP contribution < -0.4 is 21.3 Å². The summed E-state index contributed by atoms with van der Waals surface area (Å²) in [6.07, 6.45) is 2.62. The lowest BCUT2D eigenvalue weighted by Gasteiger charge is -2.24. The number of rotatable bonds is 21. The van der Waals surface area contributed by atoms with Gasteiger partial charge in [0.1, 0.15) is 24.2 Å². The SMILES string of the molecule is CCC[C@H](NC(=O)CC[C@H](NC(=O)[C@@H](C)CCC(=O)N[C@@H](CCC)C(=O)OC)C(=O)N[C@H](CCC)C(=O)OC)C(=O)OC. The summed E-state index contributed by atoms with van der Waals surface area (Å²) in [6.45, 7) is 7.11. The molecule has 0 spiro atoms. The van der Waals surface area contributed by atoms with Crippen LogP contribution in [0.25, 0.3) is 0 Å². The van der Waals surface area contributed by atoms with Gasteiger partial charge in [-0.05, 0) is 32.1 Å². The van der Waals surface area contributed by atoms with Crippen LogP contribution in [0, 0.1) is 5.92 Å². The Balaban J connectivity index is 5.52. The molecule has 0 fully saturated rings. The van der Waals surface area contributed by atoms with Crippen molar-refractivity contribution in [3.8, 4) is 0 Å². The quantitative estimate of drug-likeness (QED) is 0.107. The van der Waals surface area contributed by atoms with Crippen LogP contribution in [0.2, 0.25) is 0 Å². The van der Waals surface area contributed by atoms with E-state index in [9.17, 15) is 33.6 Å². The van der Waals surface area contributed by atoms with E-state index in [-0.39, 0.29) is 25.7 Å². The molecule has 0 heterocycles. The van der Waals surface area contributed by atoms with E-state index in [0.717, 1.165) is 0 Å². The van der Waals surface area contributed by atoms with Gasteiger partial charge in [0.2, 0.25) is 23.6 Å². The van der Waals surface area contributed by atoms with Crippen molar-refractivity contribution in [2.45, 2.75) is 116 Å². The van der Waals surface area contributed by atoms with Gasteiger partial charge in [-0.3, -0.25) is 19.2 Å². The minimum Gasteiger partial charge on any atom is -0.467 e. The number of esters is 3. The number of nitrogens with one attached hydrogen (secondary N) is 4. The third-order valence-corrected chi connectivity index (χ3v) is 6.72. The minimum absolute atomic E-state index is 0.0572. The second-order valence-electron chi connectivity index (χ2n) is 10.3. The normalized spacial score (nSPS) is 14.1. The number of carbonyl (C=O) groups is 7. The maximum Gasteiger partial charge on any atom is 0.328 e. The Hall–Kier alpha value is -3.71. The van der Waals surface area contributed by atoms with Crippen LogP contribution in [0.1, 0.15) is 91.9 Å². The molecule has 246 valence electrons. The molecule has 0 radical (unpaired) electrons. The van der Waals surface area contributed by atoms with Crippen molar-refractivity contribution in [2.75, 3.05) is 21.3 Å². The van der Waals surface area contributed by atoms with Crippen LogP contribution in [0.3, 0.4) is 0 Å². The molecule has 14 nitrogen and oxygen atoms in total. The summed E-state index contributed by atoms with van der Waals surface area (Å²) in [5, 5.41) is 10.4. The highest BCUT2D eigenvalue weighted by atomic mass is 16.5. The highest BCUT2D eigenvalue weighted by Crippen LogP contribution is 2.10. The maximum atomic E-state index is 13.2. The number of carbonyl (C=O) groups excluding carboxylic acids is 7. The molecule has 5 atom stereocenters. The molecule has 0 saturated carbocycles. The first-order chi connectivity index (χ1) is 20.4. The smallest absolute Gasteiger partial charge is 0.328 e. The fourth-order valence-electron chi connectivity index (χ4n) is 4.18. The highest BCUT2D eigenvalue weighted by Gasteiger charge is 2.30. The van der Waals surface area contributed by atoms with Crippen LogP contribution in [-0.2, 0) is 47.8 Å². The van der Waals surface area contributed by atoms with Crippen molar-refractivity contribution in [2.24, 2.45) is 5.92 Å². The highest BCUT2D eigenvalue weighted by molar-refractivity contribution is 5.92. The topological polar surface area (TPSA) is 195 Å². The summed E-state index contributed by atoms with van der Waals surface area (Å²) < 4.78 is 14.2. The van der Waals surface area contributed by atoms with E-state index >= 15 is 0 Å². The molecule has 0 unspecified atom stereocenters. The number of methoxy groups -OCH3 is 3. The largest absolute Gasteiger partial charge is 0.467 e. The van der Waals surface area contributed by atoms with Gasteiger partial charge in [-0.2, -0.15) is 0 Å². The molecular formula is C29H50N4O10. The molecule has 43 heavy (non-hydrogen) atoms. The third kappa shape index (κ3) is 15.4. The Labute approximate surface area is 254 Å². The van der Waals surface area contributed by atoms with Gasteiger partial charge in [-0.1, -0.05) is 47.0 Å². The molecule has 4 amide bonds. The fraction of sp³-hybridized carbons (Fsp3) is 0.759. The average Bonchev–Trinajstić information content (AvgIpc) is 2.99. The molecule has 0 aliphatic carbocycles. The summed E-state index contributed by atoms with van der Waals surface area (Å²) in [7, 11) is 3.65. The lowest BCUT2D eigenvalue weighted by molar-refractivity contribution is -0.146. The molecular weight excluding hydrogens is 564 g/mol. The third-order valence-electron chi connectivity index (χ3n) is 6.72. The van der Waals surface area contributed by atoms with Gasteiger partial charge < -0.3 is 35.5 Å². The summed E-state index contributed by atoms with van der Waals surface area (Å²) in [5.74, 6) is -4.69. The van der Waals surface area contributed by atoms with Gasteiger partial charge >= 0.3 is 17.9 Å². The molecule has 4 N–H and O–H groups in total. The van der Waals surface area contributed by atoms with Crippen LogP contribution >= 0.6 is 0 Å². The Kier molecular flexibility index (Phi) is 20.0. The van der Waals surface area contributed by atoms with Gasteiger partial charge in [0, 0.05) is 18.8 Å². The van der Waals surface area contributed by atoms with E-state index in [1.54, 1.807) is 6.92 Å². The van der Waals surface area contributed by atoms with Crippen molar-refractivity contribution < 1.29 is 47.8 Å². The summed E-state index contributed by atoms with van der Waals surface area (Å²) in [6, 6.07) is -3.78. The van der Waals surface area contributed by atoms with Crippen molar-refractivity contribution in [1.82, 2.24) is 21.3 Å². The fourth-order valence-corrected chi connectivity index (χ4v) is 4.18. The van der Waals surface area contributed by atoms with E-state index in [0.29, 0.717) is 38.5 Å². The van der Waals surface area contributed by atoms with Crippen molar-refractivity contribution in [3.63, 3.8) is 0 Å². The minimum atomic E-state index is -1.20. The Bertz CT molecular complexity index is 942. The zero-order valence-corrected chi connectivity index (χ0v) is 26.5. The molecule has 0 aliphatic heterocycles. The van der Waals surface area contributed by atoms with Crippen LogP contribution in [-0.4, -0.2) is 87.0 Å². The number of ether oxygens (including phenoxy) is 3. The molecule has 0 saturated heterocycles. The zero-order valence-electron chi connectivity index (χ0n) is 26.5. The Morgan fingerprint density at radius 1 is 0.488 bits per heavy atom. The van der Waals surface area contributed by atoms with Gasteiger partial charge in [0.05, 0.1) is 21.3 Å². The predicted molar refractivity (Wildman–Crippen MR) is 156 cm³/mol. The van der Waals surface area contributed by atoms with E-state index in [1.807, 2.05) is 20.8 Å².